The molecule has 3 rings (SSSR count). The van der Waals surface area contributed by atoms with Crippen molar-refractivity contribution in [3.63, 3.8) is 0 Å². The SMILES string of the molecule is N#Cc1ccc(CN2C[C@@H](CN3CCCCCC3)[C@@H](CO)C2)cc1. The van der Waals surface area contributed by atoms with Crippen molar-refractivity contribution in [2.45, 2.75) is 32.2 Å². The van der Waals surface area contributed by atoms with Crippen LogP contribution in [0.1, 0.15) is 36.8 Å². The molecular weight excluding hydrogens is 298 g/mol. The van der Waals surface area contributed by atoms with E-state index in [1.54, 1.807) is 0 Å². The van der Waals surface area contributed by atoms with Gasteiger partial charge < -0.3 is 10.0 Å². The lowest BCUT2D eigenvalue weighted by atomic mass is 9.96. The average molecular weight is 327 g/mol. The van der Waals surface area contributed by atoms with Crippen molar-refractivity contribution in [3.05, 3.63) is 35.4 Å². The Morgan fingerprint density at radius 2 is 1.62 bits per heavy atom. The summed E-state index contributed by atoms with van der Waals surface area (Å²) < 4.78 is 0. The summed E-state index contributed by atoms with van der Waals surface area (Å²) in [4.78, 5) is 5.08. The Morgan fingerprint density at radius 3 is 2.25 bits per heavy atom. The number of rotatable bonds is 5. The number of benzene rings is 1. The van der Waals surface area contributed by atoms with E-state index in [9.17, 15) is 5.11 Å². The van der Waals surface area contributed by atoms with Gasteiger partial charge in [-0.25, -0.2) is 0 Å². The minimum atomic E-state index is 0.294. The molecule has 0 spiro atoms. The Hall–Kier alpha value is -1.41. The molecule has 4 nitrogen and oxygen atoms in total. The van der Waals surface area contributed by atoms with Crippen LogP contribution in [0.25, 0.3) is 0 Å². The van der Waals surface area contributed by atoms with Gasteiger partial charge in [-0.1, -0.05) is 25.0 Å². The highest BCUT2D eigenvalue weighted by atomic mass is 16.3. The minimum Gasteiger partial charge on any atom is -0.396 e. The molecule has 2 aliphatic heterocycles. The zero-order valence-electron chi connectivity index (χ0n) is 14.5. The first-order valence-electron chi connectivity index (χ1n) is 9.33. The molecule has 0 saturated carbocycles. The Kier molecular flexibility index (Phi) is 6.25. The maximum atomic E-state index is 9.79. The molecule has 1 aromatic carbocycles. The van der Waals surface area contributed by atoms with Crippen molar-refractivity contribution in [2.24, 2.45) is 11.8 Å². The van der Waals surface area contributed by atoms with Gasteiger partial charge in [0.2, 0.25) is 0 Å². The van der Waals surface area contributed by atoms with Crippen LogP contribution in [0, 0.1) is 23.2 Å². The van der Waals surface area contributed by atoms with Gasteiger partial charge in [-0.3, -0.25) is 4.90 Å². The topological polar surface area (TPSA) is 50.5 Å². The maximum Gasteiger partial charge on any atom is 0.0991 e. The lowest BCUT2D eigenvalue weighted by Gasteiger charge is -2.26. The van der Waals surface area contributed by atoms with Gasteiger partial charge in [-0.15, -0.1) is 0 Å². The fourth-order valence-electron chi connectivity index (χ4n) is 4.17. The van der Waals surface area contributed by atoms with Crippen molar-refractivity contribution in [1.82, 2.24) is 9.80 Å². The molecule has 0 amide bonds. The number of nitrogens with zero attached hydrogens (tertiary/aromatic N) is 3. The molecule has 0 aliphatic carbocycles. The van der Waals surface area contributed by atoms with E-state index in [0.29, 0.717) is 24.0 Å². The summed E-state index contributed by atoms with van der Waals surface area (Å²) in [7, 11) is 0. The van der Waals surface area contributed by atoms with Gasteiger partial charge in [0, 0.05) is 32.8 Å². The molecule has 2 fully saturated rings. The molecule has 2 atom stereocenters. The summed E-state index contributed by atoms with van der Waals surface area (Å²) in [5, 5.41) is 18.7. The normalized spacial score (nSPS) is 26.2. The van der Waals surface area contributed by atoms with Gasteiger partial charge in [-0.05, 0) is 55.5 Å². The Morgan fingerprint density at radius 1 is 0.958 bits per heavy atom. The molecular formula is C20H29N3O. The monoisotopic (exact) mass is 327 g/mol. The third-order valence-electron chi connectivity index (χ3n) is 5.57. The van der Waals surface area contributed by atoms with Crippen LogP contribution in [-0.4, -0.2) is 54.2 Å². The second-order valence-corrected chi connectivity index (χ2v) is 7.42. The second kappa shape index (κ2) is 8.62. The van der Waals surface area contributed by atoms with Gasteiger partial charge in [-0.2, -0.15) is 5.26 Å². The first kappa shape index (κ1) is 17.4. The maximum absolute atomic E-state index is 9.79. The van der Waals surface area contributed by atoms with Crippen LogP contribution in [-0.2, 0) is 6.54 Å². The zero-order chi connectivity index (χ0) is 16.8. The van der Waals surface area contributed by atoms with E-state index in [-0.39, 0.29) is 0 Å². The lowest BCUT2D eigenvalue weighted by molar-refractivity contribution is 0.165. The number of hydrogen-bond acceptors (Lipinski definition) is 4. The molecule has 1 N–H and O–H groups in total. The average Bonchev–Trinajstić information content (AvgIpc) is 2.81. The zero-order valence-corrected chi connectivity index (χ0v) is 14.5. The third-order valence-corrected chi connectivity index (χ3v) is 5.57. The lowest BCUT2D eigenvalue weighted by Crippen LogP contribution is -2.34. The van der Waals surface area contributed by atoms with Gasteiger partial charge in [0.05, 0.1) is 11.6 Å². The van der Waals surface area contributed by atoms with Crippen molar-refractivity contribution in [3.8, 4) is 6.07 Å². The van der Waals surface area contributed by atoms with Crippen LogP contribution in [0.4, 0.5) is 0 Å². The third kappa shape index (κ3) is 4.57. The fraction of sp³-hybridized carbons (Fsp3) is 0.650. The molecule has 130 valence electrons. The highest BCUT2D eigenvalue weighted by Gasteiger charge is 2.33. The summed E-state index contributed by atoms with van der Waals surface area (Å²) in [5.74, 6) is 0.970. The number of hydrogen-bond donors (Lipinski definition) is 1. The van der Waals surface area contributed by atoms with E-state index in [2.05, 4.69) is 28.0 Å². The highest BCUT2D eigenvalue weighted by molar-refractivity contribution is 5.31. The highest BCUT2D eigenvalue weighted by Crippen LogP contribution is 2.26. The van der Waals surface area contributed by atoms with E-state index in [4.69, 9.17) is 5.26 Å². The second-order valence-electron chi connectivity index (χ2n) is 7.42. The first-order chi connectivity index (χ1) is 11.8. The van der Waals surface area contributed by atoms with Crippen LogP contribution in [0.15, 0.2) is 24.3 Å². The predicted octanol–water partition coefficient (Wildman–Crippen LogP) is 2.47. The van der Waals surface area contributed by atoms with Gasteiger partial charge >= 0.3 is 0 Å². The molecule has 2 aliphatic rings. The summed E-state index contributed by atoms with van der Waals surface area (Å²) in [6.07, 6.45) is 5.39. The Bertz CT molecular complexity index is 543. The molecule has 1 aromatic rings. The molecule has 0 radical (unpaired) electrons. The summed E-state index contributed by atoms with van der Waals surface area (Å²) >= 11 is 0. The van der Waals surface area contributed by atoms with E-state index < -0.39 is 0 Å². The van der Waals surface area contributed by atoms with E-state index in [0.717, 1.165) is 26.2 Å². The number of likely N-dealkylation sites (tertiary alicyclic amines) is 2. The van der Waals surface area contributed by atoms with Crippen molar-refractivity contribution in [2.75, 3.05) is 39.3 Å². The van der Waals surface area contributed by atoms with E-state index >= 15 is 0 Å². The largest absolute Gasteiger partial charge is 0.396 e. The molecule has 0 aromatic heterocycles. The number of nitriles is 1. The number of aliphatic hydroxyl groups excluding tert-OH is 1. The molecule has 2 heterocycles. The van der Waals surface area contributed by atoms with Crippen molar-refractivity contribution >= 4 is 0 Å². The standard InChI is InChI=1S/C20H29N3O/c21-11-17-5-7-18(8-6-17)12-23-14-19(20(15-23)16-24)13-22-9-3-1-2-4-10-22/h5-8,19-20,24H,1-4,9-10,12-16H2/t19-,20-/m1/s1. The van der Waals surface area contributed by atoms with Gasteiger partial charge in [0.1, 0.15) is 0 Å². The van der Waals surface area contributed by atoms with E-state index in [1.807, 2.05) is 12.1 Å². The molecule has 0 bridgehead atoms. The van der Waals surface area contributed by atoms with Gasteiger partial charge in [0.15, 0.2) is 0 Å². The molecule has 2 saturated heterocycles. The van der Waals surface area contributed by atoms with Crippen LogP contribution < -0.4 is 0 Å². The predicted molar refractivity (Wildman–Crippen MR) is 95.4 cm³/mol. The quantitative estimate of drug-likeness (QED) is 0.903. The smallest absolute Gasteiger partial charge is 0.0991 e. The Labute approximate surface area is 145 Å². The van der Waals surface area contributed by atoms with Gasteiger partial charge in [0.25, 0.3) is 0 Å². The molecule has 4 heteroatoms. The van der Waals surface area contributed by atoms with Crippen molar-refractivity contribution in [1.29, 1.82) is 5.26 Å². The molecule has 0 unspecified atom stereocenters. The minimum absolute atomic E-state index is 0.294. The first-order valence-corrected chi connectivity index (χ1v) is 9.33. The summed E-state index contributed by atoms with van der Waals surface area (Å²) in [6.45, 7) is 6.85. The van der Waals surface area contributed by atoms with Crippen LogP contribution in [0.3, 0.4) is 0 Å². The molecule has 24 heavy (non-hydrogen) atoms. The van der Waals surface area contributed by atoms with Crippen molar-refractivity contribution < 1.29 is 5.11 Å². The van der Waals surface area contributed by atoms with Crippen LogP contribution in [0.5, 0.6) is 0 Å². The summed E-state index contributed by atoms with van der Waals surface area (Å²) in [6, 6.07) is 10.1. The summed E-state index contributed by atoms with van der Waals surface area (Å²) in [5.41, 5.74) is 1.97. The number of aliphatic hydroxyl groups is 1. The van der Waals surface area contributed by atoms with Crippen LogP contribution >= 0.6 is 0 Å². The van der Waals surface area contributed by atoms with E-state index in [1.165, 1.54) is 44.3 Å². The van der Waals surface area contributed by atoms with Crippen LogP contribution in [0.2, 0.25) is 0 Å². The fourth-order valence-corrected chi connectivity index (χ4v) is 4.17. The Balaban J connectivity index is 1.55.